The first-order chi connectivity index (χ1) is 7.81. The van der Waals surface area contributed by atoms with Crippen molar-refractivity contribution in [2.45, 2.75) is 0 Å². The summed E-state index contributed by atoms with van der Waals surface area (Å²) in [5.41, 5.74) is -0.419. The Morgan fingerprint density at radius 1 is 1.24 bits per heavy atom. The van der Waals surface area contributed by atoms with E-state index in [-0.39, 0.29) is 11.5 Å². The van der Waals surface area contributed by atoms with Gasteiger partial charge in [0.25, 0.3) is 0 Å². The van der Waals surface area contributed by atoms with E-state index in [0.717, 1.165) is 12.1 Å². The zero-order chi connectivity index (χ0) is 13.2. The van der Waals surface area contributed by atoms with Crippen LogP contribution in [0.3, 0.4) is 0 Å². The van der Waals surface area contributed by atoms with Crippen LogP contribution in [0.2, 0.25) is 0 Å². The van der Waals surface area contributed by atoms with Gasteiger partial charge in [0.15, 0.2) is 0 Å². The molecule has 2 N–H and O–H groups in total. The molecule has 0 spiro atoms. The van der Waals surface area contributed by atoms with Gasteiger partial charge in [-0.3, -0.25) is 0 Å². The summed E-state index contributed by atoms with van der Waals surface area (Å²) >= 11 is -5.23. The number of hydrogen-bond acceptors (Lipinski definition) is 5. The number of hydrogen-bond donors (Lipinski definition) is 2. The molecule has 0 atom stereocenters. The van der Waals surface area contributed by atoms with Gasteiger partial charge in [0, 0.05) is 0 Å². The van der Waals surface area contributed by atoms with Gasteiger partial charge in [-0.25, -0.2) is 0 Å². The van der Waals surface area contributed by atoms with E-state index in [1.165, 1.54) is 14.2 Å². The molecule has 8 nitrogen and oxygen atoms in total. The van der Waals surface area contributed by atoms with Gasteiger partial charge in [-0.2, -0.15) is 0 Å². The van der Waals surface area contributed by atoms with Crippen molar-refractivity contribution in [2.75, 3.05) is 14.2 Å². The predicted molar refractivity (Wildman–Crippen MR) is 56.7 cm³/mol. The average Bonchev–Trinajstić information content (AvgIpc) is 2.25. The Bertz CT molecular complexity index is 495. The zero-order valence-corrected chi connectivity index (χ0v) is 10.9. The number of nitrogens with zero attached hydrogens (tertiary/aromatic N) is 1. The molecule has 0 radical (unpaired) electrons. The maximum absolute atomic E-state index is 11.2. The fraction of sp³-hybridized carbons (Fsp3) is 0.250. The molecule has 17 heavy (non-hydrogen) atoms. The number of methoxy groups -OCH3 is 2. The summed E-state index contributed by atoms with van der Waals surface area (Å²) in [6.07, 6.45) is 0. The molecule has 1 aromatic carbocycles. The molecule has 0 bridgehead atoms. The summed E-state index contributed by atoms with van der Waals surface area (Å²) in [5.74, 6) is -0.458. The third-order valence-corrected chi connectivity index (χ3v) is 4.04. The average molecular weight is 307 g/mol. The van der Waals surface area contributed by atoms with Crippen LogP contribution >= 0.6 is 0 Å². The van der Waals surface area contributed by atoms with Crippen LogP contribution in [0.5, 0.6) is 11.5 Å². The van der Waals surface area contributed by atoms with Crippen LogP contribution < -0.4 is 13.8 Å². The molecule has 0 aromatic heterocycles. The monoisotopic (exact) mass is 307 g/mol. The van der Waals surface area contributed by atoms with Crippen LogP contribution in [-0.4, -0.2) is 41.5 Å². The molecule has 0 aliphatic rings. The molecule has 0 amide bonds. The molecule has 9 heteroatoms. The Balaban J connectivity index is 3.55. The second kappa shape index (κ2) is 4.78. The first-order valence-corrected chi connectivity index (χ1v) is 7.66. The molecule has 1 rings (SSSR count). The van der Waals surface area contributed by atoms with Crippen molar-refractivity contribution < 1.29 is 26.3 Å². The SMILES string of the molecule is COc1cc([As](=O)(O)O)c(OC)cc1[N+](=O)[O-]. The fourth-order valence-electron chi connectivity index (χ4n) is 1.24. The number of ether oxygens (including phenoxy) is 2. The van der Waals surface area contributed by atoms with Gasteiger partial charge in [-0.05, 0) is 0 Å². The molecule has 0 aliphatic carbocycles. The Hall–Kier alpha value is -1.50. The number of rotatable bonds is 4. The van der Waals surface area contributed by atoms with Crippen molar-refractivity contribution >= 4 is 24.2 Å². The summed E-state index contributed by atoms with van der Waals surface area (Å²) in [6.45, 7) is 0. The van der Waals surface area contributed by atoms with Crippen LogP contribution in [0.4, 0.5) is 5.69 Å². The van der Waals surface area contributed by atoms with Gasteiger partial charge < -0.3 is 0 Å². The summed E-state index contributed by atoms with van der Waals surface area (Å²) in [4.78, 5) is 9.97. The molecule has 0 fully saturated rings. The number of benzene rings is 1. The molecule has 0 aliphatic heterocycles. The Labute approximate surface area is 98.9 Å². The third-order valence-electron chi connectivity index (χ3n) is 1.99. The molecule has 94 valence electrons. The minimum atomic E-state index is -5.23. The van der Waals surface area contributed by atoms with Gasteiger partial charge in [0.05, 0.1) is 0 Å². The van der Waals surface area contributed by atoms with Gasteiger partial charge in [-0.15, -0.1) is 0 Å². The fourth-order valence-corrected chi connectivity index (χ4v) is 2.76. The number of nitro benzene ring substituents is 1. The molecule has 1 aromatic rings. The van der Waals surface area contributed by atoms with Gasteiger partial charge in [0.2, 0.25) is 0 Å². The van der Waals surface area contributed by atoms with Gasteiger partial charge >= 0.3 is 98.5 Å². The summed E-state index contributed by atoms with van der Waals surface area (Å²) in [6, 6.07) is 1.85. The van der Waals surface area contributed by atoms with E-state index in [2.05, 4.69) is 0 Å². The quantitative estimate of drug-likeness (QED) is 0.423. The predicted octanol–water partition coefficient (Wildman–Crippen LogP) is -0.827. The summed E-state index contributed by atoms with van der Waals surface area (Å²) in [5, 5.41) is 10.7. The topological polar surface area (TPSA) is 119 Å². The molecule has 0 unspecified atom stereocenters. The van der Waals surface area contributed by atoms with Crippen molar-refractivity contribution in [3.05, 3.63) is 22.2 Å². The van der Waals surface area contributed by atoms with Crippen LogP contribution in [-0.2, 0) is 3.74 Å². The van der Waals surface area contributed by atoms with E-state index in [0.29, 0.717) is 0 Å². The molecule has 0 saturated heterocycles. The minimum absolute atomic E-state index is 0.226. The van der Waals surface area contributed by atoms with E-state index in [1.807, 2.05) is 0 Å². The van der Waals surface area contributed by atoms with Crippen molar-refractivity contribution in [1.82, 2.24) is 0 Å². The van der Waals surface area contributed by atoms with Gasteiger partial charge in [0.1, 0.15) is 0 Å². The standard InChI is InChI=1S/C8H10AsNO7/c1-16-7-4-6(10(14)15)8(17-2)3-5(7)9(11,12)13/h3-4H,1-2H3,(H2,11,12,13). The Morgan fingerprint density at radius 3 is 2.12 bits per heavy atom. The molecular formula is C8H10AsNO7. The van der Waals surface area contributed by atoms with Crippen molar-refractivity contribution in [3.63, 3.8) is 0 Å². The third kappa shape index (κ3) is 2.79. The molecule has 0 saturated carbocycles. The normalized spacial score (nSPS) is 11.1. The van der Waals surface area contributed by atoms with E-state index >= 15 is 0 Å². The van der Waals surface area contributed by atoms with Crippen molar-refractivity contribution in [3.8, 4) is 11.5 Å². The second-order valence-corrected chi connectivity index (χ2v) is 6.29. The summed E-state index contributed by atoms with van der Waals surface area (Å²) in [7, 11) is 2.34. The van der Waals surface area contributed by atoms with Crippen LogP contribution in [0.1, 0.15) is 0 Å². The molecule has 0 heterocycles. The maximum atomic E-state index is 11.2. The van der Waals surface area contributed by atoms with Gasteiger partial charge in [-0.1, -0.05) is 0 Å². The van der Waals surface area contributed by atoms with E-state index in [4.69, 9.17) is 17.7 Å². The first-order valence-electron chi connectivity index (χ1n) is 4.27. The van der Waals surface area contributed by atoms with Crippen LogP contribution in [0, 0.1) is 10.1 Å². The Morgan fingerprint density at radius 2 is 1.76 bits per heavy atom. The van der Waals surface area contributed by atoms with Crippen LogP contribution in [0.15, 0.2) is 12.1 Å². The first kappa shape index (κ1) is 13.6. The number of nitro groups is 1. The molecular weight excluding hydrogens is 297 g/mol. The van der Waals surface area contributed by atoms with E-state index in [1.54, 1.807) is 0 Å². The Kier molecular flexibility index (Phi) is 3.82. The van der Waals surface area contributed by atoms with E-state index < -0.39 is 29.1 Å². The second-order valence-electron chi connectivity index (χ2n) is 3.00. The zero-order valence-electron chi connectivity index (χ0n) is 8.98. The van der Waals surface area contributed by atoms with Crippen LogP contribution in [0.25, 0.3) is 0 Å². The van der Waals surface area contributed by atoms with E-state index in [9.17, 15) is 13.9 Å². The van der Waals surface area contributed by atoms with Crippen molar-refractivity contribution in [1.29, 1.82) is 0 Å². The summed E-state index contributed by atoms with van der Waals surface area (Å²) < 4.78 is 38.5. The van der Waals surface area contributed by atoms with Crippen molar-refractivity contribution in [2.24, 2.45) is 0 Å².